The van der Waals surface area contributed by atoms with Gasteiger partial charge in [-0.1, -0.05) is 60.7 Å². The number of amides is 2. The van der Waals surface area contributed by atoms with E-state index in [1.165, 1.54) is 4.90 Å². The first-order valence-electron chi connectivity index (χ1n) is 9.78. The second-order valence-electron chi connectivity index (χ2n) is 7.50. The first-order valence-corrected chi connectivity index (χ1v) is 9.78. The SMILES string of the molecule is O=C(CC1CC(F)(F)C2CN1C(=O)N2OCc1ccccc1)OCc1ccccc1. The minimum Gasteiger partial charge on any atom is -0.461 e. The Morgan fingerprint density at radius 3 is 2.23 bits per heavy atom. The van der Waals surface area contributed by atoms with Gasteiger partial charge in [0.2, 0.25) is 0 Å². The van der Waals surface area contributed by atoms with E-state index in [-0.39, 0.29) is 26.2 Å². The third-order valence-corrected chi connectivity index (χ3v) is 5.38. The molecule has 0 aromatic heterocycles. The molecule has 6 nitrogen and oxygen atoms in total. The van der Waals surface area contributed by atoms with Crippen molar-refractivity contribution in [2.24, 2.45) is 0 Å². The van der Waals surface area contributed by atoms with Crippen molar-refractivity contribution in [3.63, 3.8) is 0 Å². The molecule has 2 aliphatic rings. The molecule has 2 heterocycles. The van der Waals surface area contributed by atoms with Gasteiger partial charge in [0.25, 0.3) is 5.92 Å². The number of halogens is 2. The van der Waals surface area contributed by atoms with Crippen LogP contribution < -0.4 is 0 Å². The van der Waals surface area contributed by atoms with Crippen molar-refractivity contribution in [1.82, 2.24) is 9.96 Å². The third-order valence-electron chi connectivity index (χ3n) is 5.38. The lowest BCUT2D eigenvalue weighted by atomic mass is 9.94. The molecule has 8 heteroatoms. The Morgan fingerprint density at radius 1 is 1.00 bits per heavy atom. The zero-order chi connectivity index (χ0) is 21.1. The number of fused-ring (bicyclic) bond motifs is 2. The van der Waals surface area contributed by atoms with Crippen LogP contribution in [0.1, 0.15) is 24.0 Å². The summed E-state index contributed by atoms with van der Waals surface area (Å²) >= 11 is 0. The summed E-state index contributed by atoms with van der Waals surface area (Å²) in [6, 6.07) is 15.2. The number of piperidine rings is 1. The fourth-order valence-corrected chi connectivity index (χ4v) is 3.80. The quantitative estimate of drug-likeness (QED) is 0.645. The zero-order valence-corrected chi connectivity index (χ0v) is 16.2. The smallest absolute Gasteiger partial charge is 0.344 e. The van der Waals surface area contributed by atoms with Gasteiger partial charge in [0.1, 0.15) is 19.3 Å². The molecule has 2 saturated heterocycles. The topological polar surface area (TPSA) is 59.1 Å². The number of hydroxylamine groups is 2. The maximum Gasteiger partial charge on any atom is 0.344 e. The zero-order valence-electron chi connectivity index (χ0n) is 16.2. The molecule has 0 spiro atoms. The van der Waals surface area contributed by atoms with E-state index in [9.17, 15) is 18.4 Å². The van der Waals surface area contributed by atoms with Gasteiger partial charge in [0.05, 0.1) is 13.0 Å². The third kappa shape index (κ3) is 4.28. The molecule has 2 aromatic carbocycles. The lowest BCUT2D eigenvalue weighted by Gasteiger charge is -2.35. The van der Waals surface area contributed by atoms with Gasteiger partial charge in [-0.05, 0) is 11.1 Å². The van der Waals surface area contributed by atoms with Gasteiger partial charge in [-0.3, -0.25) is 9.63 Å². The van der Waals surface area contributed by atoms with Crippen molar-refractivity contribution in [1.29, 1.82) is 0 Å². The van der Waals surface area contributed by atoms with E-state index < -0.39 is 36.4 Å². The Kier molecular flexibility index (Phi) is 5.67. The maximum atomic E-state index is 14.7. The molecular weight excluding hydrogens is 394 g/mol. The molecular formula is C22H22F2N2O4. The van der Waals surface area contributed by atoms with E-state index in [4.69, 9.17) is 9.57 Å². The van der Waals surface area contributed by atoms with Crippen molar-refractivity contribution < 1.29 is 27.9 Å². The highest BCUT2D eigenvalue weighted by Gasteiger charge is 2.60. The van der Waals surface area contributed by atoms with Crippen molar-refractivity contribution in [3.8, 4) is 0 Å². The van der Waals surface area contributed by atoms with Crippen molar-refractivity contribution in [2.75, 3.05) is 6.54 Å². The van der Waals surface area contributed by atoms with Crippen LogP contribution >= 0.6 is 0 Å². The van der Waals surface area contributed by atoms with Gasteiger partial charge in [-0.15, -0.1) is 0 Å². The number of urea groups is 1. The molecule has 0 aliphatic carbocycles. The van der Waals surface area contributed by atoms with Crippen LogP contribution in [0.15, 0.2) is 60.7 Å². The molecule has 2 amide bonds. The minimum atomic E-state index is -3.16. The number of hydrogen-bond acceptors (Lipinski definition) is 4. The van der Waals surface area contributed by atoms with Crippen LogP contribution in [0.25, 0.3) is 0 Å². The number of benzene rings is 2. The number of carbonyl (C=O) groups excluding carboxylic acids is 2. The number of rotatable bonds is 7. The molecule has 2 bridgehead atoms. The van der Waals surface area contributed by atoms with E-state index in [0.29, 0.717) is 0 Å². The molecule has 0 radical (unpaired) electrons. The summed E-state index contributed by atoms with van der Waals surface area (Å²) in [5.41, 5.74) is 1.57. The van der Waals surface area contributed by atoms with E-state index in [1.807, 2.05) is 24.3 Å². The number of ether oxygens (including phenoxy) is 1. The summed E-state index contributed by atoms with van der Waals surface area (Å²) in [5.74, 6) is -3.78. The van der Waals surface area contributed by atoms with E-state index in [0.717, 1.165) is 16.2 Å². The van der Waals surface area contributed by atoms with Crippen LogP contribution in [0.3, 0.4) is 0 Å². The highest BCUT2D eigenvalue weighted by Crippen LogP contribution is 2.41. The average molecular weight is 416 g/mol. The molecule has 0 N–H and O–H groups in total. The van der Waals surface area contributed by atoms with Crippen molar-refractivity contribution in [3.05, 3.63) is 71.8 Å². The van der Waals surface area contributed by atoms with E-state index >= 15 is 0 Å². The van der Waals surface area contributed by atoms with E-state index in [1.54, 1.807) is 36.4 Å². The van der Waals surface area contributed by atoms with Crippen LogP contribution in [-0.4, -0.2) is 46.5 Å². The lowest BCUT2D eigenvalue weighted by Crippen LogP contribution is -2.52. The Balaban J connectivity index is 1.38. The van der Waals surface area contributed by atoms with Crippen LogP contribution in [0.5, 0.6) is 0 Å². The van der Waals surface area contributed by atoms with Crippen LogP contribution in [-0.2, 0) is 27.6 Å². The van der Waals surface area contributed by atoms with Crippen LogP contribution in [0.4, 0.5) is 13.6 Å². The first kappa shape index (κ1) is 20.3. The van der Waals surface area contributed by atoms with Gasteiger partial charge in [-0.25, -0.2) is 13.6 Å². The number of carbonyl (C=O) groups is 2. The van der Waals surface area contributed by atoms with Gasteiger partial charge >= 0.3 is 12.0 Å². The van der Waals surface area contributed by atoms with Crippen molar-refractivity contribution >= 4 is 12.0 Å². The summed E-state index contributed by atoms with van der Waals surface area (Å²) < 4.78 is 34.7. The second kappa shape index (κ2) is 8.39. The highest BCUT2D eigenvalue weighted by molar-refractivity contribution is 5.79. The molecule has 2 aliphatic heterocycles. The molecule has 2 atom stereocenters. The predicted octanol–water partition coefficient (Wildman–Crippen LogP) is 3.77. The van der Waals surface area contributed by atoms with Crippen molar-refractivity contribution in [2.45, 2.75) is 44.1 Å². The first-order chi connectivity index (χ1) is 14.4. The predicted molar refractivity (Wildman–Crippen MR) is 103 cm³/mol. The maximum absolute atomic E-state index is 14.7. The number of esters is 1. The summed E-state index contributed by atoms with van der Waals surface area (Å²) in [4.78, 5) is 31.7. The Hall–Kier alpha value is -3.00. The fraction of sp³-hybridized carbons (Fsp3) is 0.364. The normalized spacial score (nSPS) is 22.3. The Bertz CT molecular complexity index is 895. The van der Waals surface area contributed by atoms with Crippen LogP contribution in [0, 0.1) is 0 Å². The van der Waals surface area contributed by atoms with Gasteiger partial charge < -0.3 is 9.64 Å². The van der Waals surface area contributed by atoms with Gasteiger partial charge in [0, 0.05) is 12.5 Å². The molecule has 30 heavy (non-hydrogen) atoms. The molecule has 0 saturated carbocycles. The molecule has 2 unspecified atom stereocenters. The van der Waals surface area contributed by atoms with Gasteiger partial charge in [-0.2, -0.15) is 5.06 Å². The summed E-state index contributed by atoms with van der Waals surface area (Å²) in [6.45, 7) is -0.111. The summed E-state index contributed by atoms with van der Waals surface area (Å²) in [6.07, 6.45) is -0.886. The lowest BCUT2D eigenvalue weighted by molar-refractivity contribution is -0.199. The van der Waals surface area contributed by atoms with E-state index in [2.05, 4.69) is 0 Å². The second-order valence-corrected chi connectivity index (χ2v) is 7.50. The largest absolute Gasteiger partial charge is 0.461 e. The highest BCUT2D eigenvalue weighted by atomic mass is 19.3. The molecule has 4 rings (SSSR count). The summed E-state index contributed by atoms with van der Waals surface area (Å²) in [5, 5.41) is 0.766. The monoisotopic (exact) mass is 416 g/mol. The van der Waals surface area contributed by atoms with Gasteiger partial charge in [0.15, 0.2) is 0 Å². The average Bonchev–Trinajstić information content (AvgIpc) is 3.05. The number of alkyl halides is 2. The molecule has 158 valence electrons. The summed E-state index contributed by atoms with van der Waals surface area (Å²) in [7, 11) is 0. The fourth-order valence-electron chi connectivity index (χ4n) is 3.80. The minimum absolute atomic E-state index is 0.0107. The number of nitrogens with zero attached hydrogens (tertiary/aromatic N) is 2. The standard InChI is InChI=1S/C22H22F2N2O4/c23-22(24)12-18(11-20(27)29-14-16-7-3-1-4-8-16)25-13-19(22)26(21(25)28)30-15-17-9-5-2-6-10-17/h1-10,18-19H,11-15H2. The van der Waals surface area contributed by atoms with Crippen LogP contribution in [0.2, 0.25) is 0 Å². The Morgan fingerprint density at radius 2 is 1.60 bits per heavy atom. The molecule has 2 fully saturated rings. The Labute approximate surface area is 172 Å². The number of hydrogen-bond donors (Lipinski definition) is 0. The molecule has 2 aromatic rings.